The first-order valence-corrected chi connectivity index (χ1v) is 16.1. The number of hydrogen-bond donors (Lipinski definition) is 1. The molecule has 0 atom stereocenters. The van der Waals surface area contributed by atoms with E-state index in [1.54, 1.807) is 7.05 Å². The molecule has 0 saturated carbocycles. The highest BCUT2D eigenvalue weighted by Crippen LogP contribution is 2.37. The summed E-state index contributed by atoms with van der Waals surface area (Å²) in [6.07, 6.45) is 3.73. The SMILES string of the molecule is CN(CC(=O)NCC(CCCN1CCC(c2ccccc2)CC1)(c1ccccc1)c1ccccc1)C(=O)OCc1ccccc1. The van der Waals surface area contributed by atoms with Gasteiger partial charge in [-0.05, 0) is 73.5 Å². The number of carbonyl (C=O) groups excluding carboxylic acids is 2. The van der Waals surface area contributed by atoms with Gasteiger partial charge in [0.25, 0.3) is 0 Å². The van der Waals surface area contributed by atoms with Crippen molar-refractivity contribution in [2.75, 3.05) is 39.8 Å². The Morgan fingerprint density at radius 1 is 0.800 bits per heavy atom. The van der Waals surface area contributed by atoms with E-state index in [1.165, 1.54) is 34.4 Å². The number of nitrogens with one attached hydrogen (secondary N) is 1. The Kier molecular flexibility index (Phi) is 11.4. The number of rotatable bonds is 13. The van der Waals surface area contributed by atoms with Gasteiger partial charge in [0, 0.05) is 19.0 Å². The Morgan fingerprint density at radius 2 is 1.33 bits per heavy atom. The second kappa shape index (κ2) is 16.1. The molecule has 1 heterocycles. The second-order valence-electron chi connectivity index (χ2n) is 12.1. The summed E-state index contributed by atoms with van der Waals surface area (Å²) < 4.78 is 5.42. The minimum Gasteiger partial charge on any atom is -0.445 e. The zero-order valence-corrected chi connectivity index (χ0v) is 26.3. The van der Waals surface area contributed by atoms with Crippen LogP contribution in [0.2, 0.25) is 0 Å². The van der Waals surface area contributed by atoms with Crippen LogP contribution >= 0.6 is 0 Å². The minimum atomic E-state index is -0.526. The third-order valence-corrected chi connectivity index (χ3v) is 9.07. The first-order valence-electron chi connectivity index (χ1n) is 16.1. The van der Waals surface area contributed by atoms with Crippen LogP contribution in [0.1, 0.15) is 53.9 Å². The van der Waals surface area contributed by atoms with Gasteiger partial charge in [-0.2, -0.15) is 0 Å². The van der Waals surface area contributed by atoms with E-state index in [0.29, 0.717) is 12.5 Å². The lowest BCUT2D eigenvalue weighted by Crippen LogP contribution is -2.46. The Labute approximate surface area is 268 Å². The van der Waals surface area contributed by atoms with Crippen LogP contribution in [0, 0.1) is 0 Å². The highest BCUT2D eigenvalue weighted by molar-refractivity contribution is 5.82. The minimum absolute atomic E-state index is 0.0797. The molecule has 0 spiro atoms. The highest BCUT2D eigenvalue weighted by atomic mass is 16.6. The molecule has 1 fully saturated rings. The molecule has 4 aromatic rings. The predicted molar refractivity (Wildman–Crippen MR) is 180 cm³/mol. The highest BCUT2D eigenvalue weighted by Gasteiger charge is 2.35. The lowest BCUT2D eigenvalue weighted by molar-refractivity contribution is -0.122. The van der Waals surface area contributed by atoms with Crippen LogP contribution in [0.5, 0.6) is 0 Å². The molecule has 2 amide bonds. The largest absolute Gasteiger partial charge is 0.445 e. The fourth-order valence-corrected chi connectivity index (χ4v) is 6.50. The quantitative estimate of drug-likeness (QED) is 0.179. The number of benzene rings is 4. The number of likely N-dealkylation sites (N-methyl/N-ethyl adjacent to an activating group) is 1. The van der Waals surface area contributed by atoms with E-state index >= 15 is 0 Å². The van der Waals surface area contributed by atoms with Crippen molar-refractivity contribution in [3.8, 4) is 0 Å². The van der Waals surface area contributed by atoms with Crippen LogP contribution in [0.15, 0.2) is 121 Å². The van der Waals surface area contributed by atoms with Gasteiger partial charge >= 0.3 is 6.09 Å². The molecule has 0 aliphatic carbocycles. The second-order valence-corrected chi connectivity index (χ2v) is 12.1. The van der Waals surface area contributed by atoms with Crippen molar-refractivity contribution in [2.24, 2.45) is 0 Å². The van der Waals surface area contributed by atoms with Crippen molar-refractivity contribution < 1.29 is 14.3 Å². The van der Waals surface area contributed by atoms with E-state index in [0.717, 1.165) is 38.0 Å². The molecule has 1 N–H and O–H groups in total. The lowest BCUT2D eigenvalue weighted by Gasteiger charge is -2.37. The van der Waals surface area contributed by atoms with Gasteiger partial charge in [0.2, 0.25) is 5.91 Å². The molecule has 0 aromatic heterocycles. The summed E-state index contributed by atoms with van der Waals surface area (Å²) in [6, 6.07) is 41.4. The van der Waals surface area contributed by atoms with Gasteiger partial charge < -0.3 is 19.9 Å². The van der Waals surface area contributed by atoms with Crippen LogP contribution in [0.3, 0.4) is 0 Å². The number of piperidine rings is 1. The van der Waals surface area contributed by atoms with Gasteiger partial charge in [-0.15, -0.1) is 0 Å². The van der Waals surface area contributed by atoms with Crippen molar-refractivity contribution in [1.29, 1.82) is 0 Å². The maximum Gasteiger partial charge on any atom is 0.410 e. The van der Waals surface area contributed by atoms with E-state index in [1.807, 2.05) is 42.5 Å². The van der Waals surface area contributed by atoms with Crippen molar-refractivity contribution >= 4 is 12.0 Å². The lowest BCUT2D eigenvalue weighted by atomic mass is 9.71. The third kappa shape index (κ3) is 8.83. The first-order chi connectivity index (χ1) is 22.0. The van der Waals surface area contributed by atoms with Gasteiger partial charge in [-0.3, -0.25) is 4.79 Å². The van der Waals surface area contributed by atoms with E-state index in [-0.39, 0.29) is 19.1 Å². The molecule has 0 unspecified atom stereocenters. The Morgan fingerprint density at radius 3 is 1.91 bits per heavy atom. The molecular weight excluding hydrogens is 558 g/mol. The number of carbonyl (C=O) groups is 2. The van der Waals surface area contributed by atoms with Crippen molar-refractivity contribution in [3.63, 3.8) is 0 Å². The molecule has 45 heavy (non-hydrogen) atoms. The Bertz CT molecular complexity index is 1420. The molecular formula is C39H45N3O3. The Balaban J connectivity index is 1.22. The standard InChI is InChI=1S/C39H45N3O3/c1-41(38(44)45-30-32-15-6-2-7-16-32)29-37(43)40-31-39(35-19-10-4-11-20-35,36-21-12-5-13-22-36)25-14-26-42-27-23-34(24-28-42)33-17-8-3-9-18-33/h2-13,15-22,34H,14,23-31H2,1H3,(H,40,43). The normalized spacial score (nSPS) is 14.1. The molecule has 6 nitrogen and oxygen atoms in total. The first kappa shape index (κ1) is 32.0. The molecule has 234 valence electrons. The zero-order chi connectivity index (χ0) is 31.3. The molecule has 1 aliphatic heterocycles. The molecule has 4 aromatic carbocycles. The summed E-state index contributed by atoms with van der Waals surface area (Å²) in [7, 11) is 1.59. The number of amides is 2. The molecule has 0 bridgehead atoms. The van der Waals surface area contributed by atoms with Crippen molar-refractivity contribution in [3.05, 3.63) is 144 Å². The summed E-state index contributed by atoms with van der Waals surface area (Å²) in [5.74, 6) is 0.424. The maximum atomic E-state index is 13.2. The zero-order valence-electron chi connectivity index (χ0n) is 26.3. The summed E-state index contributed by atoms with van der Waals surface area (Å²) in [6.45, 7) is 3.75. The molecule has 1 aliphatic rings. The average Bonchev–Trinajstić information content (AvgIpc) is 3.10. The monoisotopic (exact) mass is 603 g/mol. The van der Waals surface area contributed by atoms with Crippen LogP contribution in [0.4, 0.5) is 4.79 Å². The van der Waals surface area contributed by atoms with Crippen LogP contribution in [-0.2, 0) is 21.6 Å². The molecule has 5 rings (SSSR count). The molecule has 0 radical (unpaired) electrons. The van der Waals surface area contributed by atoms with Crippen LogP contribution in [0.25, 0.3) is 0 Å². The number of nitrogens with zero attached hydrogens (tertiary/aromatic N) is 2. The van der Waals surface area contributed by atoms with Crippen molar-refractivity contribution in [2.45, 2.75) is 43.6 Å². The summed E-state index contributed by atoms with van der Waals surface area (Å²) >= 11 is 0. The van der Waals surface area contributed by atoms with E-state index in [2.05, 4.69) is 89.1 Å². The fourth-order valence-electron chi connectivity index (χ4n) is 6.50. The van der Waals surface area contributed by atoms with E-state index in [9.17, 15) is 9.59 Å². The summed E-state index contributed by atoms with van der Waals surface area (Å²) in [5, 5.41) is 3.19. The van der Waals surface area contributed by atoms with Gasteiger partial charge in [0.1, 0.15) is 13.2 Å². The fraction of sp³-hybridized carbons (Fsp3) is 0.333. The third-order valence-electron chi connectivity index (χ3n) is 9.07. The number of likely N-dealkylation sites (tertiary alicyclic amines) is 1. The molecule has 1 saturated heterocycles. The van der Waals surface area contributed by atoms with E-state index < -0.39 is 11.5 Å². The summed E-state index contributed by atoms with van der Waals surface area (Å²) in [4.78, 5) is 29.8. The molecule has 6 heteroatoms. The van der Waals surface area contributed by atoms with Gasteiger partial charge in [0.15, 0.2) is 0 Å². The van der Waals surface area contributed by atoms with Crippen molar-refractivity contribution in [1.82, 2.24) is 15.1 Å². The number of ether oxygens (including phenoxy) is 1. The number of hydrogen-bond acceptors (Lipinski definition) is 4. The maximum absolute atomic E-state index is 13.2. The van der Waals surface area contributed by atoms with E-state index in [4.69, 9.17) is 4.74 Å². The predicted octanol–water partition coefficient (Wildman–Crippen LogP) is 7.02. The smallest absolute Gasteiger partial charge is 0.410 e. The van der Waals surface area contributed by atoms with Gasteiger partial charge in [-0.25, -0.2) is 4.79 Å². The van der Waals surface area contributed by atoms with Crippen LogP contribution in [-0.4, -0.2) is 61.6 Å². The van der Waals surface area contributed by atoms with Gasteiger partial charge in [-0.1, -0.05) is 121 Å². The topological polar surface area (TPSA) is 61.9 Å². The van der Waals surface area contributed by atoms with Gasteiger partial charge in [0.05, 0.1) is 0 Å². The average molecular weight is 604 g/mol. The van der Waals surface area contributed by atoms with Crippen LogP contribution < -0.4 is 5.32 Å². The Hall–Kier alpha value is -4.42. The summed E-state index contributed by atoms with van der Waals surface area (Å²) in [5.41, 5.74) is 4.30.